The van der Waals surface area contributed by atoms with Gasteiger partial charge in [-0.25, -0.2) is 5.43 Å². The Kier molecular flexibility index (Phi) is 8.49. The molecule has 0 heterocycles. The van der Waals surface area contributed by atoms with Crippen LogP contribution in [0.5, 0.6) is 23.0 Å². The summed E-state index contributed by atoms with van der Waals surface area (Å²) in [5.74, 6) is 1.15. The fraction of sp³-hybridized carbons (Fsp3) is 0.286. The first-order valence-corrected chi connectivity index (χ1v) is 9.15. The van der Waals surface area contributed by atoms with Crippen LogP contribution in [0.3, 0.4) is 0 Å². The maximum atomic E-state index is 12.1. The van der Waals surface area contributed by atoms with Crippen molar-refractivity contribution in [2.45, 2.75) is 6.92 Å². The van der Waals surface area contributed by atoms with E-state index in [4.69, 9.17) is 18.9 Å². The molecule has 0 radical (unpaired) electrons. The number of hydrogen-bond acceptors (Lipinski definition) is 7. The van der Waals surface area contributed by atoms with Gasteiger partial charge >= 0.3 is 0 Å². The van der Waals surface area contributed by atoms with Gasteiger partial charge in [-0.2, -0.15) is 5.10 Å². The van der Waals surface area contributed by atoms with Gasteiger partial charge in [0.15, 0.2) is 11.5 Å². The van der Waals surface area contributed by atoms with E-state index in [1.54, 1.807) is 36.4 Å². The number of nitrogens with one attached hydrogen (secondary N) is 2. The molecule has 0 saturated carbocycles. The van der Waals surface area contributed by atoms with Gasteiger partial charge in [0.25, 0.3) is 11.8 Å². The van der Waals surface area contributed by atoms with E-state index in [2.05, 4.69) is 15.8 Å². The van der Waals surface area contributed by atoms with Crippen molar-refractivity contribution >= 4 is 18.0 Å². The Morgan fingerprint density at radius 2 is 1.67 bits per heavy atom. The van der Waals surface area contributed by atoms with Crippen LogP contribution in [0.2, 0.25) is 0 Å². The molecular formula is C21H25N3O6. The van der Waals surface area contributed by atoms with Crippen molar-refractivity contribution in [2.75, 3.05) is 34.5 Å². The molecule has 0 aliphatic rings. The summed E-state index contributed by atoms with van der Waals surface area (Å²) in [4.78, 5) is 24.1. The minimum Gasteiger partial charge on any atom is -0.494 e. The summed E-state index contributed by atoms with van der Waals surface area (Å²) in [6, 6.07) is 10.0. The van der Waals surface area contributed by atoms with Crippen molar-refractivity contribution in [3.8, 4) is 23.0 Å². The Hall–Kier alpha value is -3.75. The number of ether oxygens (including phenoxy) is 4. The zero-order valence-corrected chi connectivity index (χ0v) is 17.4. The summed E-state index contributed by atoms with van der Waals surface area (Å²) >= 11 is 0. The van der Waals surface area contributed by atoms with Crippen molar-refractivity contribution in [3.05, 3.63) is 47.5 Å². The predicted octanol–water partition coefficient (Wildman–Crippen LogP) is 1.99. The molecule has 30 heavy (non-hydrogen) atoms. The summed E-state index contributed by atoms with van der Waals surface area (Å²) < 4.78 is 21.2. The Balaban J connectivity index is 1.91. The summed E-state index contributed by atoms with van der Waals surface area (Å²) in [5, 5.41) is 6.42. The summed E-state index contributed by atoms with van der Waals surface area (Å²) in [6.45, 7) is 2.19. The highest BCUT2D eigenvalue weighted by Crippen LogP contribution is 2.38. The molecule has 0 aliphatic heterocycles. The van der Waals surface area contributed by atoms with E-state index in [0.717, 1.165) is 0 Å². The standard InChI is InChI=1S/C21H25N3O6/c1-5-30-16-9-6-14(7-10-16)21(26)22-13-18(25)24-23-12-15-8-11-17(27-2)20(29-4)19(15)28-3/h6-12H,5,13H2,1-4H3,(H,22,26)(H,24,25)/b23-12+. The molecule has 0 aromatic heterocycles. The molecule has 0 saturated heterocycles. The molecule has 2 aromatic carbocycles. The number of carbonyl (C=O) groups excluding carboxylic acids is 2. The van der Waals surface area contributed by atoms with E-state index < -0.39 is 5.91 Å². The van der Waals surface area contributed by atoms with Crippen molar-refractivity contribution in [1.29, 1.82) is 0 Å². The van der Waals surface area contributed by atoms with Gasteiger partial charge in [-0.1, -0.05) is 0 Å². The Morgan fingerprint density at radius 3 is 2.27 bits per heavy atom. The average molecular weight is 415 g/mol. The number of nitrogens with zero attached hydrogens (tertiary/aromatic N) is 1. The Bertz CT molecular complexity index is 896. The minimum absolute atomic E-state index is 0.230. The molecule has 9 nitrogen and oxygen atoms in total. The van der Waals surface area contributed by atoms with Gasteiger partial charge in [-0.3, -0.25) is 9.59 Å². The second kappa shape index (κ2) is 11.3. The molecule has 2 aromatic rings. The van der Waals surface area contributed by atoms with Crippen LogP contribution in [-0.4, -0.2) is 52.5 Å². The zero-order valence-electron chi connectivity index (χ0n) is 17.4. The van der Waals surface area contributed by atoms with Crippen LogP contribution >= 0.6 is 0 Å². The zero-order chi connectivity index (χ0) is 21.9. The minimum atomic E-state index is -0.482. The second-order valence-electron chi connectivity index (χ2n) is 5.86. The number of amides is 2. The van der Waals surface area contributed by atoms with Crippen LogP contribution in [0, 0.1) is 0 Å². The van der Waals surface area contributed by atoms with Gasteiger partial charge in [-0.15, -0.1) is 0 Å². The van der Waals surface area contributed by atoms with Crippen LogP contribution in [0.4, 0.5) is 0 Å². The SMILES string of the molecule is CCOc1ccc(C(=O)NCC(=O)N/N=C/c2ccc(OC)c(OC)c2OC)cc1. The van der Waals surface area contributed by atoms with Crippen LogP contribution < -0.4 is 29.7 Å². The maximum Gasteiger partial charge on any atom is 0.259 e. The first-order valence-electron chi connectivity index (χ1n) is 9.15. The highest BCUT2D eigenvalue weighted by Gasteiger charge is 2.14. The van der Waals surface area contributed by atoms with Crippen molar-refractivity contribution in [2.24, 2.45) is 5.10 Å². The van der Waals surface area contributed by atoms with E-state index in [1.165, 1.54) is 27.5 Å². The number of benzene rings is 2. The van der Waals surface area contributed by atoms with Crippen LogP contribution in [0.25, 0.3) is 0 Å². The smallest absolute Gasteiger partial charge is 0.259 e. The Labute approximate surface area is 175 Å². The van der Waals surface area contributed by atoms with E-state index in [0.29, 0.717) is 40.7 Å². The molecule has 2 amide bonds. The Morgan fingerprint density at radius 1 is 0.967 bits per heavy atom. The van der Waals surface area contributed by atoms with Gasteiger partial charge in [-0.05, 0) is 43.3 Å². The summed E-state index contributed by atoms with van der Waals surface area (Å²) in [7, 11) is 4.51. The fourth-order valence-corrected chi connectivity index (χ4v) is 2.57. The molecule has 9 heteroatoms. The quantitative estimate of drug-likeness (QED) is 0.454. The third-order valence-corrected chi connectivity index (χ3v) is 3.96. The van der Waals surface area contributed by atoms with Gasteiger partial charge in [0.2, 0.25) is 5.75 Å². The third kappa shape index (κ3) is 5.87. The van der Waals surface area contributed by atoms with Gasteiger partial charge < -0.3 is 24.3 Å². The van der Waals surface area contributed by atoms with Crippen LogP contribution in [-0.2, 0) is 4.79 Å². The molecule has 0 atom stereocenters. The lowest BCUT2D eigenvalue weighted by atomic mass is 10.2. The molecule has 2 N–H and O–H groups in total. The van der Waals surface area contributed by atoms with E-state index in [-0.39, 0.29) is 12.5 Å². The lowest BCUT2D eigenvalue weighted by molar-refractivity contribution is -0.120. The fourth-order valence-electron chi connectivity index (χ4n) is 2.57. The monoisotopic (exact) mass is 415 g/mol. The first kappa shape index (κ1) is 22.5. The van der Waals surface area contributed by atoms with Gasteiger partial charge in [0.05, 0.1) is 40.7 Å². The highest BCUT2D eigenvalue weighted by atomic mass is 16.5. The molecule has 2 rings (SSSR count). The number of carbonyl (C=O) groups is 2. The van der Waals surface area contributed by atoms with Crippen LogP contribution in [0.15, 0.2) is 41.5 Å². The highest BCUT2D eigenvalue weighted by molar-refractivity contribution is 5.96. The summed E-state index contributed by atoms with van der Waals surface area (Å²) in [5.41, 5.74) is 3.35. The molecule has 0 bridgehead atoms. The van der Waals surface area contributed by atoms with Crippen molar-refractivity contribution < 1.29 is 28.5 Å². The van der Waals surface area contributed by atoms with E-state index >= 15 is 0 Å². The number of methoxy groups -OCH3 is 3. The molecule has 0 unspecified atom stereocenters. The maximum absolute atomic E-state index is 12.1. The van der Waals surface area contributed by atoms with Crippen LogP contribution in [0.1, 0.15) is 22.8 Å². The number of hydrazone groups is 1. The number of rotatable bonds is 10. The average Bonchev–Trinajstić information content (AvgIpc) is 2.77. The number of hydrogen-bond donors (Lipinski definition) is 2. The lowest BCUT2D eigenvalue weighted by Crippen LogP contribution is -2.34. The largest absolute Gasteiger partial charge is 0.494 e. The summed E-state index contributed by atoms with van der Waals surface area (Å²) in [6.07, 6.45) is 1.41. The molecule has 160 valence electrons. The molecule has 0 fully saturated rings. The van der Waals surface area contributed by atoms with Crippen molar-refractivity contribution in [3.63, 3.8) is 0 Å². The third-order valence-electron chi connectivity index (χ3n) is 3.96. The predicted molar refractivity (Wildman–Crippen MR) is 112 cm³/mol. The van der Waals surface area contributed by atoms with E-state index in [9.17, 15) is 9.59 Å². The second-order valence-corrected chi connectivity index (χ2v) is 5.86. The molecular weight excluding hydrogens is 390 g/mol. The van der Waals surface area contributed by atoms with E-state index in [1.807, 2.05) is 6.92 Å². The normalized spacial score (nSPS) is 10.4. The molecule has 0 spiro atoms. The molecule has 0 aliphatic carbocycles. The topological polar surface area (TPSA) is 107 Å². The van der Waals surface area contributed by atoms with Crippen molar-refractivity contribution in [1.82, 2.24) is 10.7 Å². The van der Waals surface area contributed by atoms with Gasteiger partial charge in [0.1, 0.15) is 5.75 Å². The van der Waals surface area contributed by atoms with Gasteiger partial charge in [0, 0.05) is 11.1 Å². The lowest BCUT2D eigenvalue weighted by Gasteiger charge is -2.13. The first-order chi connectivity index (χ1) is 14.5.